The number of rotatable bonds is 5. The second-order valence-electron chi connectivity index (χ2n) is 18.0. The van der Waals surface area contributed by atoms with Crippen molar-refractivity contribution in [2.24, 2.45) is 51.9 Å². The summed E-state index contributed by atoms with van der Waals surface area (Å²) in [6.45, 7) is 24.8. The smallest absolute Gasteiger partial charge is 0.347 e. The summed E-state index contributed by atoms with van der Waals surface area (Å²) < 4.78 is 17.5. The van der Waals surface area contributed by atoms with Crippen LogP contribution in [-0.2, 0) is 26.9 Å². The summed E-state index contributed by atoms with van der Waals surface area (Å²) in [5.74, 6) is 1.46. The van der Waals surface area contributed by atoms with E-state index in [4.69, 9.17) is 9.47 Å². The molecule has 1 aromatic rings. The Morgan fingerprint density at radius 2 is 1.61 bits per heavy atom. The van der Waals surface area contributed by atoms with Crippen LogP contribution in [0.1, 0.15) is 126 Å². The van der Waals surface area contributed by atoms with E-state index in [0.29, 0.717) is 18.4 Å². The van der Waals surface area contributed by atoms with E-state index in [1.807, 2.05) is 16.3 Å². The van der Waals surface area contributed by atoms with Crippen LogP contribution in [-0.4, -0.2) is 32.6 Å². The zero-order valence-corrected chi connectivity index (χ0v) is 30.0. The van der Waals surface area contributed by atoms with Gasteiger partial charge in [-0.3, -0.25) is 4.79 Å². The van der Waals surface area contributed by atoms with Gasteiger partial charge in [0.05, 0.1) is 17.3 Å². The van der Waals surface area contributed by atoms with E-state index in [9.17, 15) is 14.4 Å². The van der Waals surface area contributed by atoms with Crippen molar-refractivity contribution in [3.63, 3.8) is 0 Å². The first-order valence-corrected chi connectivity index (χ1v) is 18.0. The Kier molecular flexibility index (Phi) is 6.66. The lowest BCUT2D eigenvalue weighted by molar-refractivity contribution is -0.214. The van der Waals surface area contributed by atoms with Crippen LogP contribution in [0.4, 0.5) is 0 Å². The van der Waals surface area contributed by atoms with Gasteiger partial charge in [-0.05, 0) is 110 Å². The van der Waals surface area contributed by atoms with Crippen LogP contribution in [0.3, 0.4) is 0 Å². The molecule has 0 aromatic carbocycles. The largest absolute Gasteiger partial charge is 0.495 e. The average Bonchev–Trinajstić information content (AvgIpc) is 3.43. The Hall–Kier alpha value is -2.51. The number of carbonyl (C=O) groups excluding carboxylic acids is 1. The maximum Gasteiger partial charge on any atom is 0.347 e. The van der Waals surface area contributed by atoms with Crippen LogP contribution in [0, 0.1) is 44.8 Å². The van der Waals surface area contributed by atoms with E-state index < -0.39 is 5.54 Å². The molecule has 254 valence electrons. The van der Waals surface area contributed by atoms with Crippen LogP contribution in [0.5, 0.6) is 0 Å². The molecule has 9 atom stereocenters. The topological polar surface area (TPSA) is 84.5 Å². The summed E-state index contributed by atoms with van der Waals surface area (Å²) in [6.07, 6.45) is 8.91. The third-order valence-corrected chi connectivity index (χ3v) is 15.6. The Morgan fingerprint density at radius 3 is 2.24 bits per heavy atom. The predicted molar refractivity (Wildman–Crippen MR) is 178 cm³/mol. The molecular weight excluding hydrogens is 578 g/mol. The fraction of sp³-hybridized carbons (Fsp3) is 0.816. The molecule has 4 fully saturated rings. The number of carbonyl (C=O) groups is 1. The van der Waals surface area contributed by atoms with Gasteiger partial charge in [-0.1, -0.05) is 55.0 Å². The zero-order chi connectivity index (χ0) is 33.6. The number of hydrogen-bond donors (Lipinski definition) is 0. The van der Waals surface area contributed by atoms with E-state index in [2.05, 4.69) is 55.0 Å². The fourth-order valence-electron chi connectivity index (χ4n) is 13.4. The number of fused-ring (bicyclic) bond motifs is 7. The quantitative estimate of drug-likeness (QED) is 0.200. The molecule has 8 heteroatoms. The number of ether oxygens (including phenoxy) is 2. The van der Waals surface area contributed by atoms with Crippen LogP contribution in [0.25, 0.3) is 0 Å². The molecule has 2 heterocycles. The second-order valence-corrected chi connectivity index (χ2v) is 18.0. The molecule has 5 aliphatic carbocycles. The monoisotopic (exact) mass is 635 g/mol. The minimum atomic E-state index is -0.616. The molecule has 0 amide bonds. The molecule has 7 rings (SSSR count). The number of allylic oxidation sites excluding steroid dienone is 2. The van der Waals surface area contributed by atoms with Gasteiger partial charge < -0.3 is 9.47 Å². The van der Waals surface area contributed by atoms with Gasteiger partial charge >= 0.3 is 17.3 Å². The first-order valence-electron chi connectivity index (χ1n) is 18.0. The highest BCUT2D eigenvalue weighted by atomic mass is 16.5. The van der Waals surface area contributed by atoms with E-state index in [1.54, 1.807) is 7.05 Å². The van der Waals surface area contributed by atoms with Crippen LogP contribution in [0.2, 0.25) is 0 Å². The highest BCUT2D eigenvalue weighted by Crippen LogP contribution is 2.79. The summed E-state index contributed by atoms with van der Waals surface area (Å²) in [7, 11) is 1.65. The van der Waals surface area contributed by atoms with Gasteiger partial charge in [0.2, 0.25) is 0 Å². The number of nitrogens with zero attached hydrogens (tertiary/aromatic N) is 3. The minimum Gasteiger partial charge on any atom is -0.495 e. The zero-order valence-electron chi connectivity index (χ0n) is 30.0. The third-order valence-electron chi connectivity index (χ3n) is 15.6. The number of hydrogen-bond acceptors (Lipinski definition) is 5. The van der Waals surface area contributed by atoms with Crippen LogP contribution >= 0.6 is 0 Å². The molecule has 0 N–H and O–H groups in total. The van der Waals surface area contributed by atoms with Gasteiger partial charge in [-0.25, -0.2) is 23.5 Å². The summed E-state index contributed by atoms with van der Waals surface area (Å²) in [6, 6.07) is -0.190. The van der Waals surface area contributed by atoms with Crippen molar-refractivity contribution >= 4 is 5.97 Å². The molecular formula is C38H57N3O5. The van der Waals surface area contributed by atoms with Crippen molar-refractivity contribution in [3.8, 4) is 0 Å². The summed E-state index contributed by atoms with van der Waals surface area (Å²) in [5, 5.41) is 0. The van der Waals surface area contributed by atoms with Crippen molar-refractivity contribution in [1.82, 2.24) is 13.9 Å². The first kappa shape index (κ1) is 32.1. The fourth-order valence-corrected chi connectivity index (χ4v) is 13.4. The van der Waals surface area contributed by atoms with Gasteiger partial charge in [0.1, 0.15) is 12.7 Å². The lowest BCUT2D eigenvalue weighted by atomic mass is 9.33. The van der Waals surface area contributed by atoms with E-state index >= 15 is 0 Å². The van der Waals surface area contributed by atoms with Crippen molar-refractivity contribution in [3.05, 3.63) is 44.5 Å². The average molecular weight is 636 g/mol. The van der Waals surface area contributed by atoms with E-state index in [0.717, 1.165) is 63.5 Å². The molecule has 0 bridgehead atoms. The van der Waals surface area contributed by atoms with Crippen molar-refractivity contribution in [2.75, 3.05) is 6.61 Å². The van der Waals surface area contributed by atoms with Gasteiger partial charge in [-0.2, -0.15) is 0 Å². The third kappa shape index (κ3) is 3.55. The predicted octanol–water partition coefficient (Wildman–Crippen LogP) is 6.88. The maximum absolute atomic E-state index is 14.3. The molecule has 1 aromatic heterocycles. The lowest BCUT2D eigenvalue weighted by Crippen LogP contribution is -2.67. The van der Waals surface area contributed by atoms with Gasteiger partial charge in [0.15, 0.2) is 0 Å². The lowest BCUT2D eigenvalue weighted by Gasteiger charge is -2.72. The number of aromatic nitrogens is 3. The molecule has 8 nitrogen and oxygen atoms in total. The molecule has 0 radical (unpaired) electrons. The van der Waals surface area contributed by atoms with E-state index in [1.165, 1.54) is 22.6 Å². The Balaban J connectivity index is 1.48. The van der Waals surface area contributed by atoms with Crippen LogP contribution in [0.15, 0.2) is 33.1 Å². The molecule has 4 unspecified atom stereocenters. The molecule has 4 saturated carbocycles. The van der Waals surface area contributed by atoms with Crippen LogP contribution < -0.4 is 11.4 Å². The normalized spacial score (nSPS) is 43.4. The Morgan fingerprint density at radius 1 is 0.935 bits per heavy atom. The Bertz CT molecular complexity index is 1670. The van der Waals surface area contributed by atoms with Crippen molar-refractivity contribution < 1.29 is 14.3 Å². The first-order chi connectivity index (χ1) is 21.3. The minimum absolute atomic E-state index is 0.0187. The molecule has 6 aliphatic rings. The van der Waals surface area contributed by atoms with Crippen molar-refractivity contribution in [2.45, 2.75) is 138 Å². The standard InChI is InChI=1S/C38H57N3O5/c1-22(2)38-19-18-37(21-45-24(5)42)17-16-36(10)29(30(37)38)25(40-31(43)39(11)32(44)41(38)40)20-27-34(8)14-13-28(46-23(3)4)33(6,7)26(34)12-15-35(27,36)9/h22,25-28H,3,12-21H2,1-2,4-11H3/t25?,26?,27?,28-,34-,35+,36+,37-,38?/m0/s1. The van der Waals surface area contributed by atoms with E-state index in [-0.39, 0.29) is 62.5 Å². The highest BCUT2D eigenvalue weighted by Gasteiger charge is 2.73. The molecule has 0 spiro atoms. The maximum atomic E-state index is 14.3. The molecule has 46 heavy (non-hydrogen) atoms. The van der Waals surface area contributed by atoms with Gasteiger partial charge in [-0.15, -0.1) is 0 Å². The molecule has 0 saturated heterocycles. The summed E-state index contributed by atoms with van der Waals surface area (Å²) in [4.78, 5) is 40.8. The van der Waals surface area contributed by atoms with Gasteiger partial charge in [0.25, 0.3) is 0 Å². The summed E-state index contributed by atoms with van der Waals surface area (Å²) >= 11 is 0. The number of esters is 1. The van der Waals surface area contributed by atoms with Gasteiger partial charge in [0, 0.05) is 24.8 Å². The Labute approximate surface area is 274 Å². The highest BCUT2D eigenvalue weighted by molar-refractivity contribution is 5.66. The summed E-state index contributed by atoms with van der Waals surface area (Å²) in [5.41, 5.74) is 1.30. The second kappa shape index (κ2) is 9.56. The molecule has 1 aliphatic heterocycles. The SMILES string of the molecule is C=C(C)O[C@H]1CC[C@@]2(C)C(CC[C@]3(C)C2CC2C4=C5C(C(C)C)(CC[C@]5(COC(C)=O)CC[C@]43C)n3c(=O)n(C)c(=O)n32)C1(C)C. The van der Waals surface area contributed by atoms with Crippen molar-refractivity contribution in [1.29, 1.82) is 0 Å².